The van der Waals surface area contributed by atoms with Crippen LogP contribution in [0.25, 0.3) is 0 Å². The average molecular weight is 193 g/mol. The Bertz CT molecular complexity index is 70.8. The molecule has 0 saturated heterocycles. The van der Waals surface area contributed by atoms with Crippen molar-refractivity contribution < 1.29 is 30.6 Å². The summed E-state index contributed by atoms with van der Waals surface area (Å²) in [7, 11) is 0. The van der Waals surface area contributed by atoms with Gasteiger partial charge in [0.1, 0.15) is 0 Å². The van der Waals surface area contributed by atoms with Crippen molar-refractivity contribution in [3.8, 4) is 0 Å². The van der Waals surface area contributed by atoms with Crippen LogP contribution in [0.3, 0.4) is 0 Å². The Kier molecular flexibility index (Phi) is 15.7. The van der Waals surface area contributed by atoms with Gasteiger partial charge in [-0.05, 0) is 0 Å². The fraction of sp³-hybridized carbons (Fsp3) is 1.00. The molecule has 0 aromatic carbocycles. The summed E-state index contributed by atoms with van der Waals surface area (Å²) in [5.41, 5.74) is 0. The summed E-state index contributed by atoms with van der Waals surface area (Å²) in [5, 5.41) is 54.5. The van der Waals surface area contributed by atoms with E-state index in [1.54, 1.807) is 0 Å². The number of rotatable bonds is 1. The summed E-state index contributed by atoms with van der Waals surface area (Å²) >= 11 is 0. The Morgan fingerprint density at radius 2 is 0.545 bits per heavy atom. The molecule has 0 bridgehead atoms. The maximum Gasteiger partial charge on any atom is 2.00 e. The molecule has 0 unspecified atom stereocenters. The molecule has 11 heavy (non-hydrogen) atoms. The van der Waals surface area contributed by atoms with Crippen LogP contribution in [0.5, 0.6) is 0 Å². The Balaban J connectivity index is -0.0000000817. The predicted molar refractivity (Wildman–Crippen MR) is 22.7 cm³/mol. The third-order valence-electron chi connectivity index (χ3n) is 0.375. The van der Waals surface area contributed by atoms with Crippen molar-refractivity contribution in [1.29, 1.82) is 0 Å². The van der Waals surface area contributed by atoms with E-state index in [1.807, 2.05) is 0 Å². The van der Waals surface area contributed by atoms with E-state index in [9.17, 15) is 0 Å². The Morgan fingerprint density at radius 1 is 0.455 bits per heavy atom. The molecule has 0 aliphatic rings. The third kappa shape index (κ3) is 9.98. The molecule has 0 N–H and O–H groups in total. The van der Waals surface area contributed by atoms with E-state index in [0.717, 1.165) is 0 Å². The minimum atomic E-state index is -4.98. The summed E-state index contributed by atoms with van der Waals surface area (Å²) in [6.07, 6.45) is 0. The molecular weight excluding hydrogens is 193 g/mol. The molecule has 0 heterocycles. The molecule has 0 aromatic heterocycles. The van der Waals surface area contributed by atoms with Crippen LogP contribution in [-0.4, -0.2) is 81.1 Å². The molecule has 0 radical (unpaired) electrons. The molecule has 0 aliphatic carbocycles. The average Bonchev–Trinajstić information content (AvgIpc) is 1.25. The quantitative estimate of drug-likeness (QED) is 0.299. The third-order valence-corrected chi connectivity index (χ3v) is 0.375. The van der Waals surface area contributed by atoms with Crippen molar-refractivity contribution >= 4 is 69.2 Å². The van der Waals surface area contributed by atoms with E-state index in [0.29, 0.717) is 0 Å². The van der Waals surface area contributed by atoms with Crippen molar-refractivity contribution in [2.45, 2.75) is 11.9 Å². The predicted octanol–water partition coefficient (Wildman–Crippen LogP) is -8.69. The van der Waals surface area contributed by atoms with Crippen molar-refractivity contribution in [1.82, 2.24) is 0 Å². The molecule has 6 nitrogen and oxygen atoms in total. The second kappa shape index (κ2) is 7.46. The molecule has 0 aromatic rings. The summed E-state index contributed by atoms with van der Waals surface area (Å²) in [4.78, 5) is 0. The molecule has 0 spiro atoms. The topological polar surface area (TPSA) is 138 Å². The Labute approximate surface area is 111 Å². The Hall–Kier alpha value is 2.06. The first kappa shape index (κ1) is 23.1. The van der Waals surface area contributed by atoms with Crippen LogP contribution in [0, 0.1) is 0 Å². The van der Waals surface area contributed by atoms with E-state index in [-0.39, 0.29) is 69.2 Å². The monoisotopic (exact) mass is 192 g/mol. The second-order valence-corrected chi connectivity index (χ2v) is 1.11. The van der Waals surface area contributed by atoms with E-state index in [2.05, 4.69) is 0 Å². The van der Waals surface area contributed by atoms with Gasteiger partial charge in [-0.1, -0.05) is 0 Å². The van der Waals surface area contributed by atoms with Gasteiger partial charge in [-0.2, -0.15) is 0 Å². The van der Waals surface area contributed by atoms with E-state index in [4.69, 9.17) is 30.6 Å². The molecule has 0 amide bonds. The van der Waals surface area contributed by atoms with Crippen LogP contribution in [0.2, 0.25) is 0 Å². The molecule has 0 aliphatic heterocycles. The maximum absolute atomic E-state index is 9.08. The van der Waals surface area contributed by atoms with Crippen LogP contribution in [0.4, 0.5) is 0 Å². The van der Waals surface area contributed by atoms with Gasteiger partial charge in [0.25, 0.3) is 0 Å². The van der Waals surface area contributed by atoms with Crippen LogP contribution >= 0.6 is 0 Å². The largest absolute Gasteiger partial charge is 2.00 e. The minimum absolute atomic E-state index is 0. The molecule has 0 fully saturated rings. The van der Waals surface area contributed by atoms with Crippen LogP contribution in [-0.2, 0) is 0 Å². The Morgan fingerprint density at radius 3 is 0.545 bits per heavy atom. The first-order chi connectivity index (χ1) is 3.25. The normalized spacial score (nSPS) is 10.4. The fourth-order valence-electron chi connectivity index (χ4n) is 0. The zero-order valence-electron chi connectivity index (χ0n) is 5.57. The zero-order valence-corrected chi connectivity index (χ0v) is 9.81. The smallest absolute Gasteiger partial charge is 0.879 e. The molecule has 9 heteroatoms. The van der Waals surface area contributed by atoms with Gasteiger partial charge in [0.15, 0.2) is 0 Å². The van der Waals surface area contributed by atoms with Gasteiger partial charge in [0.2, 0.25) is 0 Å². The second-order valence-electron chi connectivity index (χ2n) is 1.11. The fourth-order valence-corrected chi connectivity index (χ4v) is 0. The van der Waals surface area contributed by atoms with Gasteiger partial charge in [0, 0.05) is 0 Å². The van der Waals surface area contributed by atoms with Gasteiger partial charge >= 0.3 is 69.2 Å². The SMILES string of the molecule is [Mg+2].[Mg+2].[Mg+2].[O-]C([O-])([O-])C([O-])([O-])[O-]. The van der Waals surface area contributed by atoms with Crippen molar-refractivity contribution in [3.63, 3.8) is 0 Å². The van der Waals surface area contributed by atoms with Gasteiger partial charge < -0.3 is 42.6 Å². The summed E-state index contributed by atoms with van der Waals surface area (Å²) < 4.78 is 0. The van der Waals surface area contributed by atoms with Gasteiger partial charge in [-0.25, -0.2) is 0 Å². The maximum atomic E-state index is 9.08. The van der Waals surface area contributed by atoms with Crippen molar-refractivity contribution in [3.05, 3.63) is 0 Å². The summed E-state index contributed by atoms with van der Waals surface area (Å²) in [5.74, 6) is -9.96. The minimum Gasteiger partial charge on any atom is -0.879 e. The van der Waals surface area contributed by atoms with E-state index < -0.39 is 11.9 Å². The van der Waals surface area contributed by atoms with Gasteiger partial charge in [-0.3, -0.25) is 0 Å². The molecular formula is C2Mg3O6. The number of hydrogen-bond donors (Lipinski definition) is 0. The van der Waals surface area contributed by atoms with Gasteiger partial charge in [0.05, 0.1) is 0 Å². The zero-order chi connectivity index (χ0) is 7.00. The van der Waals surface area contributed by atoms with Crippen molar-refractivity contribution in [2.24, 2.45) is 0 Å². The molecule has 0 atom stereocenters. The molecule has 0 rings (SSSR count). The molecule has 0 saturated carbocycles. The number of hydrogen-bond acceptors (Lipinski definition) is 6. The standard InChI is InChI=1S/C2O6.3Mg/c3-1(4,5)2(6,7)8;;;/q-6;3*+2. The van der Waals surface area contributed by atoms with Gasteiger partial charge in [-0.15, -0.1) is 0 Å². The van der Waals surface area contributed by atoms with Crippen molar-refractivity contribution in [2.75, 3.05) is 0 Å². The summed E-state index contributed by atoms with van der Waals surface area (Å²) in [6.45, 7) is 0. The van der Waals surface area contributed by atoms with E-state index >= 15 is 0 Å². The van der Waals surface area contributed by atoms with Crippen LogP contribution in [0.15, 0.2) is 0 Å². The van der Waals surface area contributed by atoms with E-state index in [1.165, 1.54) is 0 Å². The first-order valence-electron chi connectivity index (χ1n) is 1.47. The van der Waals surface area contributed by atoms with Crippen LogP contribution < -0.4 is 30.6 Å². The van der Waals surface area contributed by atoms with Crippen LogP contribution in [0.1, 0.15) is 0 Å². The molecule has 50 valence electrons. The summed E-state index contributed by atoms with van der Waals surface area (Å²) in [6, 6.07) is 0. The first-order valence-corrected chi connectivity index (χ1v) is 1.47.